The fraction of sp³-hybridized carbons (Fsp3) is 0.562. The molecule has 0 spiro atoms. The summed E-state index contributed by atoms with van der Waals surface area (Å²) in [5.41, 5.74) is 1.14. The third-order valence-electron chi connectivity index (χ3n) is 3.66. The first-order valence-electron chi connectivity index (χ1n) is 7.60. The van der Waals surface area contributed by atoms with Crippen molar-refractivity contribution in [1.29, 1.82) is 0 Å². The summed E-state index contributed by atoms with van der Waals surface area (Å²) in [5, 5.41) is 1.71. The summed E-state index contributed by atoms with van der Waals surface area (Å²) in [6.45, 7) is 6.85. The van der Waals surface area contributed by atoms with E-state index in [1.165, 1.54) is 0 Å². The van der Waals surface area contributed by atoms with Gasteiger partial charge in [0.25, 0.3) is 0 Å². The maximum atomic E-state index is 11.9. The second-order valence-corrected chi connectivity index (χ2v) is 8.75. The van der Waals surface area contributed by atoms with Crippen molar-refractivity contribution >= 4 is 21.7 Å². The van der Waals surface area contributed by atoms with Crippen LogP contribution >= 0.6 is 0 Å². The molecule has 0 aliphatic carbocycles. The highest BCUT2D eigenvalue weighted by Crippen LogP contribution is 2.29. The predicted molar refractivity (Wildman–Crippen MR) is 89.4 cm³/mol. The first-order valence-corrected chi connectivity index (χ1v) is 9.49. The largest absolute Gasteiger partial charge is 0.367 e. The third-order valence-corrected chi connectivity index (χ3v) is 4.27. The van der Waals surface area contributed by atoms with Gasteiger partial charge in [-0.3, -0.25) is 4.72 Å². The molecule has 6 nitrogen and oxygen atoms in total. The fourth-order valence-electron chi connectivity index (χ4n) is 2.37. The Morgan fingerprint density at radius 2 is 1.87 bits per heavy atom. The van der Waals surface area contributed by atoms with Crippen molar-refractivity contribution < 1.29 is 18.0 Å². The number of hydrogen-bond donors (Lipinski definition) is 1. The maximum Gasteiger partial charge on any atom is 0.330 e. The molecule has 1 aliphatic heterocycles. The van der Waals surface area contributed by atoms with Crippen LogP contribution < -0.4 is 4.72 Å². The third kappa shape index (κ3) is 5.21. The molecule has 1 heterocycles. The summed E-state index contributed by atoms with van der Waals surface area (Å²) in [7, 11) is -3.26. The second-order valence-electron chi connectivity index (χ2n) is 7.00. The number of carbonyl (C=O) groups is 1. The van der Waals surface area contributed by atoms with Gasteiger partial charge in [0.2, 0.25) is 10.0 Å². The molecule has 0 radical (unpaired) electrons. The van der Waals surface area contributed by atoms with E-state index in [-0.39, 0.29) is 11.9 Å². The van der Waals surface area contributed by atoms with Crippen LogP contribution in [0.15, 0.2) is 24.3 Å². The number of carbonyl (C=O) groups excluding carboxylic acids is 1. The molecular weight excluding hydrogens is 316 g/mol. The Bertz CT molecular complexity index is 662. The van der Waals surface area contributed by atoms with Gasteiger partial charge in [0, 0.05) is 24.7 Å². The van der Waals surface area contributed by atoms with Crippen LogP contribution in [-0.4, -0.2) is 38.8 Å². The van der Waals surface area contributed by atoms with Gasteiger partial charge in [-0.2, -0.15) is 0 Å². The number of sulfonamides is 1. The minimum absolute atomic E-state index is 0.231. The number of nitrogens with one attached hydrogen (secondary N) is 1. The van der Waals surface area contributed by atoms with Crippen molar-refractivity contribution in [3.05, 3.63) is 29.8 Å². The number of benzene rings is 1. The smallest absolute Gasteiger partial charge is 0.330 e. The topological polar surface area (TPSA) is 75.7 Å². The monoisotopic (exact) mass is 340 g/mol. The lowest BCUT2D eigenvalue weighted by Crippen LogP contribution is -2.32. The van der Waals surface area contributed by atoms with Crippen LogP contribution in [0.1, 0.15) is 38.7 Å². The van der Waals surface area contributed by atoms with Gasteiger partial charge < -0.3 is 4.84 Å². The molecule has 2 rings (SSSR count). The van der Waals surface area contributed by atoms with Crippen LogP contribution in [-0.2, 0) is 19.7 Å². The summed E-state index contributed by atoms with van der Waals surface area (Å²) in [5.74, 6) is 0.0425. The lowest BCUT2D eigenvalue weighted by Gasteiger charge is -2.22. The molecule has 0 saturated carbocycles. The molecule has 0 bridgehead atoms. The van der Waals surface area contributed by atoms with E-state index in [1.54, 1.807) is 17.2 Å². The number of nitrogens with zero attached hydrogens (tertiary/aromatic N) is 1. The van der Waals surface area contributed by atoms with Gasteiger partial charge in [-0.1, -0.05) is 12.1 Å². The predicted octanol–water partition coefficient (Wildman–Crippen LogP) is 2.35. The molecule has 7 heteroatoms. The molecule has 23 heavy (non-hydrogen) atoms. The van der Waals surface area contributed by atoms with Gasteiger partial charge in [-0.25, -0.2) is 13.2 Å². The molecule has 1 aromatic carbocycles. The Morgan fingerprint density at radius 3 is 2.39 bits per heavy atom. The molecule has 0 aromatic heterocycles. The summed E-state index contributed by atoms with van der Waals surface area (Å²) in [6, 6.07) is 7.32. The van der Waals surface area contributed by atoms with Crippen molar-refractivity contribution in [3.63, 3.8) is 0 Å². The SMILES string of the molecule is CC(C)(C)C(=O)ON1CCC(c2ccc(NS(C)(=O)=O)cc2)C1. The molecular formula is C16H24N2O4S. The fourth-order valence-corrected chi connectivity index (χ4v) is 2.94. The van der Waals surface area contributed by atoms with Gasteiger partial charge in [-0.15, -0.1) is 5.06 Å². The minimum Gasteiger partial charge on any atom is -0.367 e. The van der Waals surface area contributed by atoms with Crippen LogP contribution in [0.4, 0.5) is 5.69 Å². The van der Waals surface area contributed by atoms with Crippen molar-refractivity contribution in [2.75, 3.05) is 24.1 Å². The minimum atomic E-state index is -3.26. The molecule has 1 N–H and O–H groups in total. The van der Waals surface area contributed by atoms with E-state index < -0.39 is 15.4 Å². The van der Waals surface area contributed by atoms with E-state index in [0.29, 0.717) is 18.8 Å². The summed E-state index contributed by atoms with van der Waals surface area (Å²) >= 11 is 0. The van der Waals surface area contributed by atoms with E-state index in [1.807, 2.05) is 32.9 Å². The lowest BCUT2D eigenvalue weighted by molar-refractivity contribution is -0.195. The van der Waals surface area contributed by atoms with Crippen LogP contribution in [0.2, 0.25) is 0 Å². The molecule has 1 aromatic rings. The van der Waals surface area contributed by atoms with Crippen molar-refractivity contribution in [3.8, 4) is 0 Å². The van der Waals surface area contributed by atoms with Gasteiger partial charge in [0.15, 0.2) is 0 Å². The van der Waals surface area contributed by atoms with Gasteiger partial charge in [0.05, 0.1) is 11.7 Å². The quantitative estimate of drug-likeness (QED) is 0.910. The first kappa shape index (κ1) is 17.7. The molecule has 1 aliphatic rings. The van der Waals surface area contributed by atoms with Gasteiger partial charge in [-0.05, 0) is 44.9 Å². The molecule has 1 saturated heterocycles. The maximum absolute atomic E-state index is 11.9. The zero-order chi connectivity index (χ0) is 17.3. The highest BCUT2D eigenvalue weighted by molar-refractivity contribution is 7.92. The Hall–Kier alpha value is -1.60. The second kappa shape index (κ2) is 6.49. The normalized spacial score (nSPS) is 19.6. The Labute approximate surface area is 137 Å². The van der Waals surface area contributed by atoms with E-state index in [9.17, 15) is 13.2 Å². The Morgan fingerprint density at radius 1 is 1.26 bits per heavy atom. The van der Waals surface area contributed by atoms with Crippen LogP contribution in [0, 0.1) is 5.41 Å². The summed E-state index contributed by atoms with van der Waals surface area (Å²) in [6.07, 6.45) is 2.02. The van der Waals surface area contributed by atoms with Crippen LogP contribution in [0.5, 0.6) is 0 Å². The van der Waals surface area contributed by atoms with Crippen molar-refractivity contribution in [2.24, 2.45) is 5.41 Å². The van der Waals surface area contributed by atoms with E-state index in [2.05, 4.69) is 4.72 Å². The van der Waals surface area contributed by atoms with Crippen LogP contribution in [0.25, 0.3) is 0 Å². The van der Waals surface area contributed by atoms with E-state index in [4.69, 9.17) is 4.84 Å². The number of hydrogen-bond acceptors (Lipinski definition) is 5. The van der Waals surface area contributed by atoms with E-state index in [0.717, 1.165) is 18.2 Å². The summed E-state index contributed by atoms with van der Waals surface area (Å²) in [4.78, 5) is 17.3. The lowest BCUT2D eigenvalue weighted by atomic mass is 9.98. The number of hydroxylamine groups is 2. The standard InChI is InChI=1S/C16H24N2O4S/c1-16(2,3)15(19)22-18-10-9-13(11-18)12-5-7-14(8-6-12)17-23(4,20)21/h5-8,13,17H,9-11H2,1-4H3. The van der Waals surface area contributed by atoms with Gasteiger partial charge >= 0.3 is 5.97 Å². The molecule has 128 valence electrons. The number of anilines is 1. The molecule has 1 unspecified atom stereocenters. The zero-order valence-electron chi connectivity index (χ0n) is 14.0. The Balaban J connectivity index is 1.95. The van der Waals surface area contributed by atoms with Crippen molar-refractivity contribution in [1.82, 2.24) is 5.06 Å². The molecule has 0 amide bonds. The highest BCUT2D eigenvalue weighted by Gasteiger charge is 2.30. The number of rotatable bonds is 4. The van der Waals surface area contributed by atoms with Gasteiger partial charge in [0.1, 0.15) is 0 Å². The average molecular weight is 340 g/mol. The molecule has 1 fully saturated rings. The Kier molecular flexibility index (Phi) is 5.01. The zero-order valence-corrected chi connectivity index (χ0v) is 14.8. The van der Waals surface area contributed by atoms with Crippen LogP contribution in [0.3, 0.4) is 0 Å². The van der Waals surface area contributed by atoms with Crippen molar-refractivity contribution in [2.45, 2.75) is 33.1 Å². The first-order chi connectivity index (χ1) is 10.5. The highest BCUT2D eigenvalue weighted by atomic mass is 32.2. The summed E-state index contributed by atoms with van der Waals surface area (Å²) < 4.78 is 24.8. The van der Waals surface area contributed by atoms with E-state index >= 15 is 0 Å². The average Bonchev–Trinajstić information content (AvgIpc) is 2.85. The molecule has 1 atom stereocenters.